The number of nitrogens with zero attached hydrogens (tertiary/aromatic N) is 2. The van der Waals surface area contributed by atoms with Gasteiger partial charge in [-0.3, -0.25) is 14.5 Å². The Morgan fingerprint density at radius 3 is 2.88 bits per heavy atom. The average Bonchev–Trinajstić information content (AvgIpc) is 3.05. The van der Waals surface area contributed by atoms with Crippen LogP contribution >= 0.6 is 11.3 Å². The highest BCUT2D eigenvalue weighted by Gasteiger charge is 2.26. The molecule has 26 heavy (non-hydrogen) atoms. The van der Waals surface area contributed by atoms with Gasteiger partial charge in [-0.15, -0.1) is 11.3 Å². The molecule has 1 unspecified atom stereocenters. The molecule has 1 aromatic carbocycles. The lowest BCUT2D eigenvalue weighted by Crippen LogP contribution is -2.42. The first-order valence-electron chi connectivity index (χ1n) is 8.08. The van der Waals surface area contributed by atoms with Gasteiger partial charge < -0.3 is 10.4 Å². The molecular formula is C17H17F2N3O3S. The third-order valence-corrected chi connectivity index (χ3v) is 4.95. The van der Waals surface area contributed by atoms with E-state index in [9.17, 15) is 18.4 Å². The zero-order valence-corrected chi connectivity index (χ0v) is 14.6. The van der Waals surface area contributed by atoms with Crippen molar-refractivity contribution < 1.29 is 23.5 Å². The first-order chi connectivity index (χ1) is 12.4. The first kappa shape index (κ1) is 18.4. The number of carbonyl (C=O) groups excluding carboxylic acids is 1. The fourth-order valence-electron chi connectivity index (χ4n) is 2.88. The molecule has 2 aromatic rings. The number of carboxylic acid groups (broad SMARTS) is 1. The first-order valence-corrected chi connectivity index (χ1v) is 8.96. The van der Waals surface area contributed by atoms with Gasteiger partial charge in [-0.05, 0) is 37.6 Å². The lowest BCUT2D eigenvalue weighted by molar-refractivity contribution is -0.144. The summed E-state index contributed by atoms with van der Waals surface area (Å²) < 4.78 is 26.3. The number of benzene rings is 1. The van der Waals surface area contributed by atoms with Crippen LogP contribution in [0.3, 0.4) is 0 Å². The number of thiazole rings is 1. The van der Waals surface area contributed by atoms with Crippen LogP contribution in [-0.4, -0.2) is 46.5 Å². The number of likely N-dealkylation sites (tertiary alicyclic amines) is 1. The van der Waals surface area contributed by atoms with E-state index in [4.69, 9.17) is 5.11 Å². The normalized spacial score (nSPS) is 17.8. The van der Waals surface area contributed by atoms with E-state index in [1.54, 1.807) is 5.38 Å². The SMILES string of the molecule is O=C(CN1CCCC(C(=O)O)C1)Nc1nc(-c2ccc(F)c(F)c2)cs1. The molecule has 138 valence electrons. The number of aliphatic carboxylic acids is 1. The molecule has 9 heteroatoms. The van der Waals surface area contributed by atoms with Gasteiger partial charge in [-0.25, -0.2) is 13.8 Å². The van der Waals surface area contributed by atoms with Crippen LogP contribution in [0.4, 0.5) is 13.9 Å². The van der Waals surface area contributed by atoms with Gasteiger partial charge in [-0.1, -0.05) is 0 Å². The predicted octanol–water partition coefficient (Wildman–Crippen LogP) is 2.82. The summed E-state index contributed by atoms with van der Waals surface area (Å²) in [7, 11) is 0. The van der Waals surface area contributed by atoms with Crippen LogP contribution in [0.2, 0.25) is 0 Å². The number of nitrogens with one attached hydrogen (secondary N) is 1. The number of aromatic nitrogens is 1. The van der Waals surface area contributed by atoms with Crippen LogP contribution in [-0.2, 0) is 9.59 Å². The Bertz CT molecular complexity index is 827. The zero-order valence-electron chi connectivity index (χ0n) is 13.7. The number of carbonyl (C=O) groups is 2. The number of rotatable bonds is 5. The Hall–Kier alpha value is -2.39. The molecule has 1 atom stereocenters. The summed E-state index contributed by atoms with van der Waals surface area (Å²) in [5.74, 6) is -3.47. The van der Waals surface area contributed by atoms with Crippen LogP contribution in [0, 0.1) is 17.6 Å². The molecule has 0 saturated carbocycles. The molecule has 3 rings (SSSR count). The third kappa shape index (κ3) is 4.41. The summed E-state index contributed by atoms with van der Waals surface area (Å²) in [5.41, 5.74) is 0.856. The summed E-state index contributed by atoms with van der Waals surface area (Å²) in [6.45, 7) is 1.11. The highest BCUT2D eigenvalue weighted by Crippen LogP contribution is 2.26. The molecule has 0 bridgehead atoms. The maximum absolute atomic E-state index is 13.3. The fraction of sp³-hybridized carbons (Fsp3) is 0.353. The molecule has 6 nitrogen and oxygen atoms in total. The number of hydrogen-bond acceptors (Lipinski definition) is 5. The summed E-state index contributed by atoms with van der Waals surface area (Å²) in [4.78, 5) is 29.3. The van der Waals surface area contributed by atoms with Gasteiger partial charge in [0.2, 0.25) is 5.91 Å². The summed E-state index contributed by atoms with van der Waals surface area (Å²) in [6, 6.07) is 3.49. The zero-order chi connectivity index (χ0) is 18.7. The summed E-state index contributed by atoms with van der Waals surface area (Å²) in [5, 5.41) is 13.7. The molecular weight excluding hydrogens is 364 g/mol. The highest BCUT2D eigenvalue weighted by molar-refractivity contribution is 7.14. The molecule has 2 N–H and O–H groups in total. The van der Waals surface area contributed by atoms with Crippen LogP contribution in [0.15, 0.2) is 23.6 Å². The van der Waals surface area contributed by atoms with Crippen molar-refractivity contribution in [2.45, 2.75) is 12.8 Å². The number of carboxylic acids is 1. The van der Waals surface area contributed by atoms with Crippen molar-refractivity contribution in [1.29, 1.82) is 0 Å². The maximum atomic E-state index is 13.3. The topological polar surface area (TPSA) is 82.5 Å². The second-order valence-corrected chi connectivity index (χ2v) is 6.99. The van der Waals surface area contributed by atoms with Crippen molar-refractivity contribution in [3.05, 3.63) is 35.2 Å². The van der Waals surface area contributed by atoms with Gasteiger partial charge in [-0.2, -0.15) is 0 Å². The van der Waals surface area contributed by atoms with Gasteiger partial charge >= 0.3 is 5.97 Å². The van der Waals surface area contributed by atoms with Gasteiger partial charge in [0.05, 0.1) is 18.2 Å². The van der Waals surface area contributed by atoms with E-state index < -0.39 is 23.5 Å². The van der Waals surface area contributed by atoms with Crippen molar-refractivity contribution in [2.24, 2.45) is 5.92 Å². The molecule has 1 fully saturated rings. The fourth-order valence-corrected chi connectivity index (χ4v) is 3.62. The Morgan fingerprint density at radius 1 is 1.35 bits per heavy atom. The molecule has 0 aliphatic carbocycles. The van der Waals surface area contributed by atoms with Gasteiger partial charge in [0.15, 0.2) is 16.8 Å². The van der Waals surface area contributed by atoms with Crippen LogP contribution < -0.4 is 5.32 Å². The Labute approximate surface area is 152 Å². The largest absolute Gasteiger partial charge is 0.481 e. The Kier molecular flexibility index (Phi) is 5.58. The second-order valence-electron chi connectivity index (χ2n) is 6.13. The van der Waals surface area contributed by atoms with Crippen molar-refractivity contribution >= 4 is 28.3 Å². The smallest absolute Gasteiger partial charge is 0.307 e. The minimum atomic E-state index is -0.959. The van der Waals surface area contributed by atoms with Crippen LogP contribution in [0.25, 0.3) is 11.3 Å². The van der Waals surface area contributed by atoms with E-state index in [1.807, 2.05) is 4.90 Å². The van der Waals surface area contributed by atoms with Gasteiger partial charge in [0, 0.05) is 17.5 Å². The predicted molar refractivity (Wildman–Crippen MR) is 92.9 cm³/mol. The minimum absolute atomic E-state index is 0.0872. The number of anilines is 1. The molecule has 1 aromatic heterocycles. The summed E-state index contributed by atoms with van der Waals surface area (Å²) >= 11 is 1.18. The van der Waals surface area contributed by atoms with E-state index in [2.05, 4.69) is 10.3 Å². The molecule has 1 saturated heterocycles. The van der Waals surface area contributed by atoms with Crippen LogP contribution in [0.5, 0.6) is 0 Å². The summed E-state index contributed by atoms with van der Waals surface area (Å²) in [6.07, 6.45) is 1.36. The van der Waals surface area contributed by atoms with Crippen molar-refractivity contribution in [2.75, 3.05) is 25.0 Å². The van der Waals surface area contributed by atoms with Crippen molar-refractivity contribution in [3.8, 4) is 11.3 Å². The van der Waals surface area contributed by atoms with Crippen molar-refractivity contribution in [3.63, 3.8) is 0 Å². The number of halogens is 2. The minimum Gasteiger partial charge on any atom is -0.481 e. The van der Waals surface area contributed by atoms with E-state index in [0.29, 0.717) is 35.9 Å². The molecule has 1 aliphatic rings. The molecule has 0 radical (unpaired) electrons. The Balaban J connectivity index is 1.59. The van der Waals surface area contributed by atoms with E-state index in [1.165, 1.54) is 17.4 Å². The quantitative estimate of drug-likeness (QED) is 0.832. The van der Waals surface area contributed by atoms with E-state index >= 15 is 0 Å². The molecule has 1 aliphatic heterocycles. The standard InChI is InChI=1S/C17H17F2N3O3S/c18-12-4-3-10(6-13(12)19)14-9-26-17(20-14)21-15(23)8-22-5-1-2-11(7-22)16(24)25/h3-4,6,9,11H,1-2,5,7-8H2,(H,24,25)(H,20,21,23). The van der Waals surface area contributed by atoms with E-state index in [-0.39, 0.29) is 12.5 Å². The van der Waals surface area contributed by atoms with Crippen LogP contribution in [0.1, 0.15) is 12.8 Å². The third-order valence-electron chi connectivity index (χ3n) is 4.19. The second kappa shape index (κ2) is 7.88. The lowest BCUT2D eigenvalue weighted by Gasteiger charge is -2.29. The lowest BCUT2D eigenvalue weighted by atomic mass is 9.98. The monoisotopic (exact) mass is 381 g/mol. The van der Waals surface area contributed by atoms with Gasteiger partial charge in [0.25, 0.3) is 0 Å². The van der Waals surface area contributed by atoms with E-state index in [0.717, 1.165) is 18.6 Å². The molecule has 2 heterocycles. The highest BCUT2D eigenvalue weighted by atomic mass is 32.1. The number of amides is 1. The van der Waals surface area contributed by atoms with Gasteiger partial charge in [0.1, 0.15) is 0 Å². The Morgan fingerprint density at radius 2 is 2.15 bits per heavy atom. The molecule has 1 amide bonds. The number of hydrogen-bond donors (Lipinski definition) is 2. The number of piperidine rings is 1. The molecule has 0 spiro atoms. The van der Waals surface area contributed by atoms with Crippen molar-refractivity contribution in [1.82, 2.24) is 9.88 Å². The average molecular weight is 381 g/mol. The maximum Gasteiger partial charge on any atom is 0.307 e.